The van der Waals surface area contributed by atoms with Gasteiger partial charge in [-0.15, -0.1) is 0 Å². The Bertz CT molecular complexity index is 588. The van der Waals surface area contributed by atoms with E-state index in [0.717, 1.165) is 23.4 Å². The van der Waals surface area contributed by atoms with Crippen LogP contribution in [-0.4, -0.2) is 37.3 Å². The van der Waals surface area contributed by atoms with Crippen LogP contribution in [0.2, 0.25) is 0 Å². The standard InChI is InChI=1S/C14H21N5S/c1-19-13-11(8-18-19)12(16-10-17-13)15-9-14(20-2)6-4-3-5-7-14/h8,10H,3-7,9H2,1-2H3,(H,15,16,17). The second-order valence-corrected chi connectivity index (χ2v) is 6.80. The van der Waals surface area contributed by atoms with E-state index in [1.807, 2.05) is 25.0 Å². The van der Waals surface area contributed by atoms with Crippen molar-refractivity contribution in [2.45, 2.75) is 36.9 Å². The molecule has 0 amide bonds. The molecule has 0 unspecified atom stereocenters. The van der Waals surface area contributed by atoms with Gasteiger partial charge in [0.1, 0.15) is 12.1 Å². The number of anilines is 1. The van der Waals surface area contributed by atoms with Crippen LogP contribution >= 0.6 is 11.8 Å². The number of nitrogens with zero attached hydrogens (tertiary/aromatic N) is 4. The first-order valence-electron chi connectivity index (χ1n) is 7.16. The van der Waals surface area contributed by atoms with Crippen LogP contribution in [0.25, 0.3) is 11.0 Å². The Kier molecular flexibility index (Phi) is 3.83. The van der Waals surface area contributed by atoms with Crippen molar-refractivity contribution in [1.29, 1.82) is 0 Å². The van der Waals surface area contributed by atoms with Crippen molar-refractivity contribution in [1.82, 2.24) is 19.7 Å². The maximum atomic E-state index is 4.39. The molecule has 2 heterocycles. The molecule has 108 valence electrons. The molecule has 0 aromatic carbocycles. The van der Waals surface area contributed by atoms with Crippen molar-refractivity contribution in [3.05, 3.63) is 12.5 Å². The first-order chi connectivity index (χ1) is 9.74. The Labute approximate surface area is 123 Å². The molecule has 0 bridgehead atoms. The van der Waals surface area contributed by atoms with Gasteiger partial charge in [-0.25, -0.2) is 9.97 Å². The van der Waals surface area contributed by atoms with Gasteiger partial charge >= 0.3 is 0 Å². The van der Waals surface area contributed by atoms with E-state index in [-0.39, 0.29) is 0 Å². The summed E-state index contributed by atoms with van der Waals surface area (Å²) in [6.07, 6.45) is 12.3. The molecule has 3 rings (SSSR count). The predicted octanol–water partition coefficient (Wildman–Crippen LogP) is 2.84. The molecule has 0 saturated heterocycles. The summed E-state index contributed by atoms with van der Waals surface area (Å²) in [7, 11) is 1.91. The van der Waals surface area contributed by atoms with E-state index in [2.05, 4.69) is 26.6 Å². The highest BCUT2D eigenvalue weighted by molar-refractivity contribution is 8.00. The molecular formula is C14H21N5S. The average Bonchev–Trinajstić information content (AvgIpc) is 2.88. The molecule has 1 aliphatic rings. The smallest absolute Gasteiger partial charge is 0.163 e. The predicted molar refractivity (Wildman–Crippen MR) is 84.1 cm³/mol. The van der Waals surface area contributed by atoms with Gasteiger partial charge in [-0.1, -0.05) is 19.3 Å². The molecule has 1 saturated carbocycles. The lowest BCUT2D eigenvalue weighted by molar-refractivity contribution is 0.411. The number of fused-ring (bicyclic) bond motifs is 1. The van der Waals surface area contributed by atoms with Gasteiger partial charge in [-0.2, -0.15) is 16.9 Å². The van der Waals surface area contributed by atoms with Crippen molar-refractivity contribution >= 4 is 28.6 Å². The topological polar surface area (TPSA) is 55.6 Å². The van der Waals surface area contributed by atoms with E-state index >= 15 is 0 Å². The summed E-state index contributed by atoms with van der Waals surface area (Å²) in [6.45, 7) is 0.967. The molecule has 0 spiro atoms. The Morgan fingerprint density at radius 1 is 1.30 bits per heavy atom. The first kappa shape index (κ1) is 13.7. The van der Waals surface area contributed by atoms with Crippen molar-refractivity contribution in [2.75, 3.05) is 18.1 Å². The fraction of sp³-hybridized carbons (Fsp3) is 0.643. The molecule has 1 aliphatic carbocycles. The highest BCUT2D eigenvalue weighted by Crippen LogP contribution is 2.38. The number of nitrogens with one attached hydrogen (secondary N) is 1. The molecule has 0 radical (unpaired) electrons. The molecule has 6 heteroatoms. The van der Waals surface area contributed by atoms with Crippen LogP contribution < -0.4 is 5.32 Å². The fourth-order valence-electron chi connectivity index (χ4n) is 3.00. The number of aryl methyl sites for hydroxylation is 1. The monoisotopic (exact) mass is 291 g/mol. The molecule has 5 nitrogen and oxygen atoms in total. The molecule has 0 atom stereocenters. The third kappa shape index (κ3) is 2.49. The van der Waals surface area contributed by atoms with E-state index in [1.54, 1.807) is 11.0 Å². The highest BCUT2D eigenvalue weighted by Gasteiger charge is 2.31. The zero-order valence-corrected chi connectivity index (χ0v) is 12.9. The number of hydrogen-bond acceptors (Lipinski definition) is 5. The summed E-state index contributed by atoms with van der Waals surface area (Å²) >= 11 is 2.00. The van der Waals surface area contributed by atoms with Crippen LogP contribution in [0.15, 0.2) is 12.5 Å². The number of thioether (sulfide) groups is 1. The van der Waals surface area contributed by atoms with Gasteiger partial charge in [0.15, 0.2) is 5.65 Å². The largest absolute Gasteiger partial charge is 0.368 e. The van der Waals surface area contributed by atoms with Crippen LogP contribution in [0.3, 0.4) is 0 Å². The Balaban J connectivity index is 1.79. The lowest BCUT2D eigenvalue weighted by Crippen LogP contribution is -2.35. The molecule has 1 N–H and O–H groups in total. The molecule has 2 aromatic heterocycles. The maximum Gasteiger partial charge on any atom is 0.163 e. The zero-order chi connectivity index (χ0) is 14.0. The van der Waals surface area contributed by atoms with Crippen molar-refractivity contribution < 1.29 is 0 Å². The third-order valence-electron chi connectivity index (χ3n) is 4.31. The van der Waals surface area contributed by atoms with Gasteiger partial charge in [0, 0.05) is 18.3 Å². The normalized spacial score (nSPS) is 18.3. The van der Waals surface area contributed by atoms with Crippen molar-refractivity contribution in [3.63, 3.8) is 0 Å². The van der Waals surface area contributed by atoms with Gasteiger partial charge in [0.2, 0.25) is 0 Å². The maximum absolute atomic E-state index is 4.39. The minimum Gasteiger partial charge on any atom is -0.368 e. The first-order valence-corrected chi connectivity index (χ1v) is 8.38. The van der Waals surface area contributed by atoms with Crippen molar-refractivity contribution in [3.8, 4) is 0 Å². The summed E-state index contributed by atoms with van der Waals surface area (Å²) in [5.41, 5.74) is 0.879. The zero-order valence-electron chi connectivity index (χ0n) is 12.1. The summed E-state index contributed by atoms with van der Waals surface area (Å²) in [6, 6.07) is 0. The number of hydrogen-bond donors (Lipinski definition) is 1. The fourth-order valence-corrected chi connectivity index (χ4v) is 3.91. The number of rotatable bonds is 4. The van der Waals surface area contributed by atoms with Crippen LogP contribution in [0.1, 0.15) is 32.1 Å². The second kappa shape index (κ2) is 5.60. The quantitative estimate of drug-likeness (QED) is 0.938. The average molecular weight is 291 g/mol. The van der Waals surface area contributed by atoms with E-state index < -0.39 is 0 Å². The lowest BCUT2D eigenvalue weighted by Gasteiger charge is -2.36. The Morgan fingerprint density at radius 3 is 2.85 bits per heavy atom. The van der Waals surface area contributed by atoms with Gasteiger partial charge in [-0.05, 0) is 19.1 Å². The molecule has 0 aliphatic heterocycles. The van der Waals surface area contributed by atoms with Gasteiger partial charge in [0.05, 0.1) is 11.6 Å². The minimum absolute atomic E-state index is 0.359. The molecule has 20 heavy (non-hydrogen) atoms. The summed E-state index contributed by atoms with van der Waals surface area (Å²) in [5.74, 6) is 0.905. The van der Waals surface area contributed by atoms with E-state index in [0.29, 0.717) is 4.75 Å². The lowest BCUT2D eigenvalue weighted by atomic mass is 9.88. The van der Waals surface area contributed by atoms with E-state index in [9.17, 15) is 0 Å². The van der Waals surface area contributed by atoms with Crippen LogP contribution in [-0.2, 0) is 7.05 Å². The summed E-state index contributed by atoms with van der Waals surface area (Å²) in [5, 5.41) is 8.80. The van der Waals surface area contributed by atoms with Crippen molar-refractivity contribution in [2.24, 2.45) is 7.05 Å². The van der Waals surface area contributed by atoms with Gasteiger partial charge < -0.3 is 5.32 Å². The van der Waals surface area contributed by atoms with Gasteiger partial charge in [0.25, 0.3) is 0 Å². The summed E-state index contributed by atoms with van der Waals surface area (Å²) < 4.78 is 2.14. The number of aromatic nitrogens is 4. The Hall–Kier alpha value is -1.30. The molecule has 2 aromatic rings. The van der Waals surface area contributed by atoms with Gasteiger partial charge in [-0.3, -0.25) is 4.68 Å². The van der Waals surface area contributed by atoms with Crippen LogP contribution in [0.4, 0.5) is 5.82 Å². The second-order valence-electron chi connectivity index (χ2n) is 5.53. The van der Waals surface area contributed by atoms with Crippen LogP contribution in [0, 0.1) is 0 Å². The van der Waals surface area contributed by atoms with Crippen LogP contribution in [0.5, 0.6) is 0 Å². The van der Waals surface area contributed by atoms with E-state index in [1.165, 1.54) is 32.1 Å². The summed E-state index contributed by atoms with van der Waals surface area (Å²) in [4.78, 5) is 8.66. The SMILES string of the molecule is CSC1(CNc2ncnc3c2cnn3C)CCCCC1. The minimum atomic E-state index is 0.359. The highest BCUT2D eigenvalue weighted by atomic mass is 32.2. The molecular weight excluding hydrogens is 270 g/mol. The third-order valence-corrected chi connectivity index (χ3v) is 5.72. The Morgan fingerprint density at radius 2 is 2.10 bits per heavy atom. The molecule has 1 fully saturated rings. The van der Waals surface area contributed by atoms with E-state index in [4.69, 9.17) is 0 Å².